The first kappa shape index (κ1) is 11.3. The molecular formula is C16H24O2. The maximum Gasteiger partial charge on any atom is 0.310 e. The molecule has 0 heterocycles. The van der Waals surface area contributed by atoms with Crippen LogP contribution < -0.4 is 0 Å². The molecule has 5 fully saturated rings. The van der Waals surface area contributed by atoms with Crippen molar-refractivity contribution in [2.45, 2.75) is 52.4 Å². The summed E-state index contributed by atoms with van der Waals surface area (Å²) in [6, 6.07) is 0. The van der Waals surface area contributed by atoms with E-state index in [4.69, 9.17) is 0 Å². The van der Waals surface area contributed by atoms with Crippen LogP contribution in [0.1, 0.15) is 52.4 Å². The molecule has 1 atom stereocenters. The fourth-order valence-corrected chi connectivity index (χ4v) is 6.46. The molecule has 5 rings (SSSR count). The van der Waals surface area contributed by atoms with E-state index in [9.17, 15) is 9.90 Å². The van der Waals surface area contributed by atoms with Gasteiger partial charge >= 0.3 is 5.97 Å². The Morgan fingerprint density at radius 3 is 1.78 bits per heavy atom. The van der Waals surface area contributed by atoms with Gasteiger partial charge in [-0.15, -0.1) is 0 Å². The third-order valence-electron chi connectivity index (χ3n) is 6.98. The average Bonchev–Trinajstić information content (AvgIpc) is 2.81. The zero-order valence-corrected chi connectivity index (χ0v) is 11.5. The average molecular weight is 248 g/mol. The van der Waals surface area contributed by atoms with Crippen LogP contribution in [0.2, 0.25) is 0 Å². The Balaban J connectivity index is 1.71. The predicted molar refractivity (Wildman–Crippen MR) is 69.0 cm³/mol. The van der Waals surface area contributed by atoms with E-state index in [1.54, 1.807) is 0 Å². The van der Waals surface area contributed by atoms with Gasteiger partial charge in [0.15, 0.2) is 0 Å². The van der Waals surface area contributed by atoms with Gasteiger partial charge in [-0.1, -0.05) is 13.8 Å². The van der Waals surface area contributed by atoms with Crippen LogP contribution in [0.15, 0.2) is 0 Å². The summed E-state index contributed by atoms with van der Waals surface area (Å²) in [5, 5.41) is 9.82. The molecule has 0 saturated heterocycles. The van der Waals surface area contributed by atoms with E-state index in [1.807, 2.05) is 0 Å². The van der Waals surface area contributed by atoms with Gasteiger partial charge in [0, 0.05) is 0 Å². The van der Waals surface area contributed by atoms with Gasteiger partial charge in [-0.05, 0) is 73.5 Å². The van der Waals surface area contributed by atoms with Crippen molar-refractivity contribution < 1.29 is 9.90 Å². The normalized spacial score (nSPS) is 55.6. The Morgan fingerprint density at radius 2 is 1.44 bits per heavy atom. The van der Waals surface area contributed by atoms with E-state index >= 15 is 0 Å². The minimum atomic E-state index is -0.495. The SMILES string of the molecule is CC1(C)CC1(C(=O)O)C1C2CC3CC(C2)CC1C3. The van der Waals surface area contributed by atoms with E-state index in [0.717, 1.165) is 30.1 Å². The summed E-state index contributed by atoms with van der Waals surface area (Å²) in [6.07, 6.45) is 7.71. The van der Waals surface area contributed by atoms with E-state index in [-0.39, 0.29) is 10.8 Å². The molecule has 0 radical (unpaired) electrons. The number of aliphatic carboxylic acids is 1. The topological polar surface area (TPSA) is 37.3 Å². The number of carboxylic acids is 1. The summed E-state index contributed by atoms with van der Waals surface area (Å²) in [4.78, 5) is 11.9. The molecule has 0 aromatic heterocycles. The van der Waals surface area contributed by atoms with E-state index in [1.165, 1.54) is 32.1 Å². The van der Waals surface area contributed by atoms with Gasteiger partial charge in [0.25, 0.3) is 0 Å². The van der Waals surface area contributed by atoms with Crippen molar-refractivity contribution in [1.82, 2.24) is 0 Å². The van der Waals surface area contributed by atoms with Crippen LogP contribution >= 0.6 is 0 Å². The predicted octanol–water partition coefficient (Wildman–Crippen LogP) is 3.56. The molecule has 5 saturated carbocycles. The molecule has 5 aliphatic carbocycles. The van der Waals surface area contributed by atoms with Crippen LogP contribution in [0, 0.1) is 40.4 Å². The van der Waals surface area contributed by atoms with Crippen LogP contribution in [0.3, 0.4) is 0 Å². The van der Waals surface area contributed by atoms with Gasteiger partial charge in [-0.3, -0.25) is 4.79 Å². The zero-order chi connectivity index (χ0) is 12.7. The first-order valence-corrected chi connectivity index (χ1v) is 7.67. The molecule has 18 heavy (non-hydrogen) atoms. The van der Waals surface area contributed by atoms with Crippen LogP contribution in [0.5, 0.6) is 0 Å². The number of hydrogen-bond acceptors (Lipinski definition) is 1. The Hall–Kier alpha value is -0.530. The van der Waals surface area contributed by atoms with Crippen molar-refractivity contribution in [2.75, 3.05) is 0 Å². The molecule has 0 aromatic carbocycles. The van der Waals surface area contributed by atoms with E-state index in [0.29, 0.717) is 5.92 Å². The Labute approximate surface area is 109 Å². The highest BCUT2D eigenvalue weighted by atomic mass is 16.4. The largest absolute Gasteiger partial charge is 0.481 e. The summed E-state index contributed by atoms with van der Waals surface area (Å²) < 4.78 is 0. The number of carbonyl (C=O) groups is 1. The first-order valence-electron chi connectivity index (χ1n) is 7.67. The quantitative estimate of drug-likeness (QED) is 0.811. The highest BCUT2D eigenvalue weighted by Gasteiger charge is 2.74. The second kappa shape index (κ2) is 3.13. The highest BCUT2D eigenvalue weighted by Crippen LogP contribution is 2.74. The molecule has 5 aliphatic rings. The molecule has 0 aliphatic heterocycles. The highest BCUT2D eigenvalue weighted by molar-refractivity contribution is 5.80. The minimum Gasteiger partial charge on any atom is -0.481 e. The molecule has 0 amide bonds. The standard InChI is InChI=1S/C16H24O2/c1-15(2)8-16(15,14(17)18)13-11-4-9-3-10(6-11)7-12(13)5-9/h9-13H,3-8H2,1-2H3,(H,17,18). The van der Waals surface area contributed by atoms with Crippen molar-refractivity contribution in [2.24, 2.45) is 40.4 Å². The third kappa shape index (κ3) is 1.18. The minimum absolute atomic E-state index is 0.0405. The lowest BCUT2D eigenvalue weighted by atomic mass is 9.48. The lowest BCUT2D eigenvalue weighted by molar-refractivity contribution is -0.157. The molecule has 0 spiro atoms. The Morgan fingerprint density at radius 1 is 1.00 bits per heavy atom. The Kier molecular flexibility index (Phi) is 1.97. The molecule has 2 heteroatoms. The van der Waals surface area contributed by atoms with Crippen molar-refractivity contribution in [3.63, 3.8) is 0 Å². The van der Waals surface area contributed by atoms with Gasteiger partial charge in [-0.25, -0.2) is 0 Å². The van der Waals surface area contributed by atoms with Gasteiger partial charge in [0.2, 0.25) is 0 Å². The van der Waals surface area contributed by atoms with E-state index < -0.39 is 5.97 Å². The van der Waals surface area contributed by atoms with Crippen molar-refractivity contribution in [3.8, 4) is 0 Å². The van der Waals surface area contributed by atoms with Gasteiger partial charge < -0.3 is 5.11 Å². The lowest BCUT2D eigenvalue weighted by Crippen LogP contribution is -2.51. The fourth-order valence-electron chi connectivity index (χ4n) is 6.46. The maximum atomic E-state index is 11.9. The molecule has 100 valence electrons. The summed E-state index contributed by atoms with van der Waals surface area (Å²) in [5.74, 6) is 3.36. The van der Waals surface area contributed by atoms with Crippen molar-refractivity contribution in [3.05, 3.63) is 0 Å². The second-order valence-corrected chi connectivity index (χ2v) is 8.29. The first-order chi connectivity index (χ1) is 8.44. The summed E-state index contributed by atoms with van der Waals surface area (Å²) in [5.41, 5.74) is -0.325. The molecule has 1 N–H and O–H groups in total. The number of carboxylic acid groups (broad SMARTS) is 1. The summed E-state index contributed by atoms with van der Waals surface area (Å²) >= 11 is 0. The third-order valence-corrected chi connectivity index (χ3v) is 6.98. The second-order valence-electron chi connectivity index (χ2n) is 8.29. The van der Waals surface area contributed by atoms with E-state index in [2.05, 4.69) is 13.8 Å². The number of rotatable bonds is 2. The maximum absolute atomic E-state index is 11.9. The van der Waals surface area contributed by atoms with Gasteiger partial charge in [0.1, 0.15) is 0 Å². The molecular weight excluding hydrogens is 224 g/mol. The fraction of sp³-hybridized carbons (Fsp3) is 0.938. The van der Waals surface area contributed by atoms with Crippen LogP contribution in [-0.4, -0.2) is 11.1 Å². The Bertz CT molecular complexity index is 383. The van der Waals surface area contributed by atoms with Gasteiger partial charge in [-0.2, -0.15) is 0 Å². The number of hydrogen-bond donors (Lipinski definition) is 1. The summed E-state index contributed by atoms with van der Waals surface area (Å²) in [7, 11) is 0. The smallest absolute Gasteiger partial charge is 0.310 e. The molecule has 1 unspecified atom stereocenters. The molecule has 0 aromatic rings. The lowest BCUT2D eigenvalue weighted by Gasteiger charge is -2.56. The monoisotopic (exact) mass is 248 g/mol. The summed E-state index contributed by atoms with van der Waals surface area (Å²) in [6.45, 7) is 4.35. The van der Waals surface area contributed by atoms with Crippen molar-refractivity contribution >= 4 is 5.97 Å². The van der Waals surface area contributed by atoms with Gasteiger partial charge in [0.05, 0.1) is 5.41 Å². The van der Waals surface area contributed by atoms with Crippen molar-refractivity contribution in [1.29, 1.82) is 0 Å². The zero-order valence-electron chi connectivity index (χ0n) is 11.5. The molecule has 2 nitrogen and oxygen atoms in total. The van der Waals surface area contributed by atoms with Crippen LogP contribution in [-0.2, 0) is 4.79 Å². The van der Waals surface area contributed by atoms with Crippen LogP contribution in [0.25, 0.3) is 0 Å². The molecule has 4 bridgehead atoms. The van der Waals surface area contributed by atoms with Crippen LogP contribution in [0.4, 0.5) is 0 Å².